The number of thiocarbonyl (C=S) groups is 1. The molecule has 1 N–H and O–H groups in total. The molecule has 0 saturated carbocycles. The van der Waals surface area contributed by atoms with Gasteiger partial charge in [-0.2, -0.15) is 0 Å². The van der Waals surface area contributed by atoms with Gasteiger partial charge in [0.15, 0.2) is 5.11 Å². The number of pyridine rings is 1. The van der Waals surface area contributed by atoms with Crippen LogP contribution < -0.4 is 5.32 Å². The van der Waals surface area contributed by atoms with Gasteiger partial charge in [-0.15, -0.1) is 0 Å². The zero-order valence-electron chi connectivity index (χ0n) is 16.9. The minimum atomic E-state index is 0.0143. The van der Waals surface area contributed by atoms with Gasteiger partial charge in [-0.25, -0.2) is 0 Å². The molecule has 1 aliphatic rings. The summed E-state index contributed by atoms with van der Waals surface area (Å²) in [4.78, 5) is 9.17. The van der Waals surface area contributed by atoms with Gasteiger partial charge in [-0.3, -0.25) is 4.98 Å². The molecular formula is C23H27N5S. The van der Waals surface area contributed by atoms with Gasteiger partial charge in [-0.1, -0.05) is 24.3 Å². The van der Waals surface area contributed by atoms with Crippen LogP contribution in [0.1, 0.15) is 29.9 Å². The average molecular weight is 406 g/mol. The molecule has 6 heteroatoms. The standard InChI is InChI=1S/C23H27N5S/c1-26(2)15-9-17-28-22(21(25-23(28)29)19-12-6-7-14-24-19)20-13-8-16-27(20)18-10-4-3-5-11-18/h3-8,10-14,16,21-22H,9,15,17H2,1-2H3,(H,25,29)/t21-,22+/m1/s1. The van der Waals surface area contributed by atoms with E-state index in [0.717, 1.165) is 36.0 Å². The highest BCUT2D eigenvalue weighted by atomic mass is 32.1. The van der Waals surface area contributed by atoms with E-state index in [0.29, 0.717) is 0 Å². The van der Waals surface area contributed by atoms with E-state index >= 15 is 0 Å². The van der Waals surface area contributed by atoms with Gasteiger partial charge in [-0.05, 0) is 75.7 Å². The Hall–Kier alpha value is -2.70. The molecule has 5 nitrogen and oxygen atoms in total. The summed E-state index contributed by atoms with van der Waals surface area (Å²) < 4.78 is 2.26. The maximum atomic E-state index is 5.77. The minimum Gasteiger partial charge on any atom is -0.352 e. The number of aromatic nitrogens is 2. The molecule has 3 aromatic rings. The van der Waals surface area contributed by atoms with Crippen molar-refractivity contribution in [3.05, 3.63) is 84.4 Å². The number of hydrogen-bond acceptors (Lipinski definition) is 3. The first kappa shape index (κ1) is 19.6. The topological polar surface area (TPSA) is 36.3 Å². The maximum Gasteiger partial charge on any atom is 0.170 e. The summed E-state index contributed by atoms with van der Waals surface area (Å²) in [6.07, 6.45) is 5.02. The first-order valence-electron chi connectivity index (χ1n) is 10.0. The van der Waals surface area contributed by atoms with Crippen LogP contribution in [0.3, 0.4) is 0 Å². The smallest absolute Gasteiger partial charge is 0.170 e. The summed E-state index contributed by atoms with van der Waals surface area (Å²) in [6, 6.07) is 20.9. The maximum absolute atomic E-state index is 5.77. The molecule has 1 saturated heterocycles. The molecule has 3 heterocycles. The quantitative estimate of drug-likeness (QED) is 0.605. The Balaban J connectivity index is 1.72. The zero-order valence-corrected chi connectivity index (χ0v) is 17.7. The normalized spacial score (nSPS) is 19.0. The van der Waals surface area contributed by atoms with Crippen molar-refractivity contribution in [1.29, 1.82) is 0 Å². The summed E-state index contributed by atoms with van der Waals surface area (Å²) in [5.41, 5.74) is 3.37. The highest BCUT2D eigenvalue weighted by molar-refractivity contribution is 7.80. The van der Waals surface area contributed by atoms with E-state index < -0.39 is 0 Å². The molecule has 2 aromatic heterocycles. The molecular weight excluding hydrogens is 378 g/mol. The van der Waals surface area contributed by atoms with E-state index in [-0.39, 0.29) is 12.1 Å². The second kappa shape index (κ2) is 8.76. The van der Waals surface area contributed by atoms with Crippen LogP contribution in [0, 0.1) is 0 Å². The molecule has 0 amide bonds. The second-order valence-electron chi connectivity index (χ2n) is 7.62. The number of para-hydroxylation sites is 1. The molecule has 0 unspecified atom stereocenters. The predicted molar refractivity (Wildman–Crippen MR) is 121 cm³/mol. The summed E-state index contributed by atoms with van der Waals surface area (Å²) in [7, 11) is 4.21. The Kier molecular flexibility index (Phi) is 5.92. The largest absolute Gasteiger partial charge is 0.352 e. The van der Waals surface area contributed by atoms with Crippen LogP contribution in [-0.2, 0) is 0 Å². The van der Waals surface area contributed by atoms with Crippen LogP contribution in [0.25, 0.3) is 5.69 Å². The molecule has 4 rings (SSSR count). The van der Waals surface area contributed by atoms with E-state index in [2.05, 4.69) is 87.4 Å². The molecule has 1 fully saturated rings. The van der Waals surface area contributed by atoms with Gasteiger partial charge in [0.05, 0.1) is 17.8 Å². The van der Waals surface area contributed by atoms with Crippen molar-refractivity contribution in [3.63, 3.8) is 0 Å². The van der Waals surface area contributed by atoms with Crippen LogP contribution in [0.5, 0.6) is 0 Å². The molecule has 2 atom stereocenters. The SMILES string of the molecule is CN(C)CCCN1C(=S)N[C@H](c2ccccn2)[C@@H]1c1cccn1-c1ccccc1. The van der Waals surface area contributed by atoms with Crippen LogP contribution in [0.4, 0.5) is 0 Å². The third-order valence-corrected chi connectivity index (χ3v) is 5.67. The third kappa shape index (κ3) is 4.18. The van der Waals surface area contributed by atoms with Gasteiger partial charge in [0.25, 0.3) is 0 Å². The van der Waals surface area contributed by atoms with Crippen LogP contribution >= 0.6 is 12.2 Å². The Morgan fingerprint density at radius 1 is 1.03 bits per heavy atom. The van der Waals surface area contributed by atoms with Crippen molar-refractivity contribution in [2.45, 2.75) is 18.5 Å². The first-order chi connectivity index (χ1) is 14.1. The molecule has 0 aliphatic carbocycles. The Labute approximate surface area is 178 Å². The van der Waals surface area contributed by atoms with E-state index in [4.69, 9.17) is 12.2 Å². The minimum absolute atomic E-state index is 0.0143. The molecule has 0 bridgehead atoms. The van der Waals surface area contributed by atoms with Crippen molar-refractivity contribution in [2.24, 2.45) is 0 Å². The molecule has 1 aromatic carbocycles. The average Bonchev–Trinajstić information content (AvgIpc) is 3.34. The Bertz CT molecular complexity index is 938. The fourth-order valence-corrected chi connectivity index (χ4v) is 4.32. The lowest BCUT2D eigenvalue weighted by atomic mass is 10.0. The lowest BCUT2D eigenvalue weighted by molar-refractivity contribution is 0.286. The third-order valence-electron chi connectivity index (χ3n) is 5.32. The lowest BCUT2D eigenvalue weighted by Gasteiger charge is -2.29. The molecule has 29 heavy (non-hydrogen) atoms. The van der Waals surface area contributed by atoms with Gasteiger partial charge < -0.3 is 19.7 Å². The fraction of sp³-hybridized carbons (Fsp3) is 0.304. The first-order valence-corrected chi connectivity index (χ1v) is 10.4. The Morgan fingerprint density at radius 2 is 1.83 bits per heavy atom. The number of nitrogens with one attached hydrogen (secondary N) is 1. The Morgan fingerprint density at radius 3 is 2.55 bits per heavy atom. The van der Waals surface area contributed by atoms with Gasteiger partial charge >= 0.3 is 0 Å². The van der Waals surface area contributed by atoms with Gasteiger partial charge in [0, 0.05) is 30.3 Å². The fourth-order valence-electron chi connectivity index (χ4n) is 3.98. The van der Waals surface area contributed by atoms with Gasteiger partial charge in [0.2, 0.25) is 0 Å². The van der Waals surface area contributed by atoms with Crippen LogP contribution in [-0.4, -0.2) is 51.6 Å². The van der Waals surface area contributed by atoms with Crippen molar-refractivity contribution in [2.75, 3.05) is 27.2 Å². The highest BCUT2D eigenvalue weighted by Gasteiger charge is 2.40. The second-order valence-corrected chi connectivity index (χ2v) is 8.00. The molecule has 0 radical (unpaired) electrons. The number of nitrogens with zero attached hydrogens (tertiary/aromatic N) is 4. The summed E-state index contributed by atoms with van der Waals surface area (Å²) in [6.45, 7) is 1.93. The highest BCUT2D eigenvalue weighted by Crippen LogP contribution is 2.39. The molecule has 0 spiro atoms. The van der Waals surface area contributed by atoms with Crippen molar-refractivity contribution in [3.8, 4) is 5.69 Å². The number of rotatable bonds is 7. The summed E-state index contributed by atoms with van der Waals surface area (Å²) in [5.74, 6) is 0. The van der Waals surface area contributed by atoms with Crippen LogP contribution in [0.2, 0.25) is 0 Å². The number of hydrogen-bond donors (Lipinski definition) is 1. The zero-order chi connectivity index (χ0) is 20.2. The van der Waals surface area contributed by atoms with Crippen molar-refractivity contribution < 1.29 is 0 Å². The molecule has 150 valence electrons. The lowest BCUT2D eigenvalue weighted by Crippen LogP contribution is -2.32. The summed E-state index contributed by atoms with van der Waals surface area (Å²) >= 11 is 5.77. The van der Waals surface area contributed by atoms with E-state index in [1.807, 2.05) is 24.4 Å². The van der Waals surface area contributed by atoms with Crippen LogP contribution in [0.15, 0.2) is 73.1 Å². The van der Waals surface area contributed by atoms with E-state index in [1.165, 1.54) is 5.69 Å². The monoisotopic (exact) mass is 405 g/mol. The van der Waals surface area contributed by atoms with Crippen molar-refractivity contribution in [1.82, 2.24) is 24.7 Å². The summed E-state index contributed by atoms with van der Waals surface area (Å²) in [5, 5.41) is 4.34. The van der Waals surface area contributed by atoms with E-state index in [1.54, 1.807) is 0 Å². The predicted octanol–water partition coefficient (Wildman–Crippen LogP) is 3.80. The van der Waals surface area contributed by atoms with E-state index in [9.17, 15) is 0 Å². The van der Waals surface area contributed by atoms with Gasteiger partial charge in [0.1, 0.15) is 0 Å². The number of benzene rings is 1. The molecule has 1 aliphatic heterocycles. The van der Waals surface area contributed by atoms with Crippen molar-refractivity contribution >= 4 is 17.3 Å².